The number of aryl methyl sites for hydroxylation is 2. The number of anilines is 1. The lowest BCUT2D eigenvalue weighted by Crippen LogP contribution is -2.34. The van der Waals surface area contributed by atoms with Crippen molar-refractivity contribution < 1.29 is 5.11 Å². The molecule has 0 heterocycles. The quantitative estimate of drug-likeness (QED) is 0.686. The van der Waals surface area contributed by atoms with Crippen LogP contribution >= 0.6 is 0 Å². The van der Waals surface area contributed by atoms with E-state index in [1.807, 2.05) is 0 Å². The number of benzene rings is 1. The van der Waals surface area contributed by atoms with Gasteiger partial charge in [0.1, 0.15) is 0 Å². The van der Waals surface area contributed by atoms with Crippen LogP contribution in [0.2, 0.25) is 0 Å². The normalized spacial score (nSPS) is 12.5. The van der Waals surface area contributed by atoms with E-state index in [-0.39, 0.29) is 6.61 Å². The maximum Gasteiger partial charge on any atom is 0.0556 e. The van der Waals surface area contributed by atoms with Gasteiger partial charge in [0.2, 0.25) is 0 Å². The zero-order chi connectivity index (χ0) is 12.0. The average Bonchev–Trinajstić information content (AvgIpc) is 2.25. The predicted molar refractivity (Wildman–Crippen MR) is 69.0 cm³/mol. The van der Waals surface area contributed by atoms with Crippen molar-refractivity contribution in [3.63, 3.8) is 0 Å². The summed E-state index contributed by atoms with van der Waals surface area (Å²) in [7, 11) is 0. The van der Waals surface area contributed by atoms with Crippen molar-refractivity contribution in [2.45, 2.75) is 26.8 Å². The standard InChI is InChI=1S/C13H22N2O/c1-10-5-4-6-11(2)13(10)15-9-12(3)14-7-8-16/h4-6,12,14-16H,7-9H2,1-3H3. The predicted octanol–water partition coefficient (Wildman–Crippen LogP) is 1.69. The van der Waals surface area contributed by atoms with Crippen LogP contribution in [-0.4, -0.2) is 30.8 Å². The van der Waals surface area contributed by atoms with E-state index in [4.69, 9.17) is 5.11 Å². The highest BCUT2D eigenvalue weighted by Crippen LogP contribution is 2.18. The van der Waals surface area contributed by atoms with Gasteiger partial charge in [-0.1, -0.05) is 18.2 Å². The number of aliphatic hydroxyl groups is 1. The molecule has 0 fully saturated rings. The highest BCUT2D eigenvalue weighted by atomic mass is 16.3. The van der Waals surface area contributed by atoms with Gasteiger partial charge in [-0.3, -0.25) is 0 Å². The fourth-order valence-electron chi connectivity index (χ4n) is 1.73. The lowest BCUT2D eigenvalue weighted by molar-refractivity contribution is 0.287. The number of rotatable bonds is 6. The topological polar surface area (TPSA) is 44.3 Å². The highest BCUT2D eigenvalue weighted by molar-refractivity contribution is 5.56. The minimum Gasteiger partial charge on any atom is -0.395 e. The van der Waals surface area contributed by atoms with Crippen LogP contribution in [-0.2, 0) is 0 Å². The van der Waals surface area contributed by atoms with Gasteiger partial charge in [0.15, 0.2) is 0 Å². The minimum absolute atomic E-state index is 0.188. The molecule has 0 aromatic heterocycles. The van der Waals surface area contributed by atoms with E-state index < -0.39 is 0 Å². The Morgan fingerprint density at radius 2 is 1.88 bits per heavy atom. The molecule has 1 rings (SSSR count). The van der Waals surface area contributed by atoms with Crippen LogP contribution < -0.4 is 10.6 Å². The Bertz CT molecular complexity index is 305. The van der Waals surface area contributed by atoms with E-state index in [1.54, 1.807) is 0 Å². The van der Waals surface area contributed by atoms with Crippen LogP contribution in [0.15, 0.2) is 18.2 Å². The third-order valence-corrected chi connectivity index (χ3v) is 2.67. The summed E-state index contributed by atoms with van der Waals surface area (Å²) in [6, 6.07) is 6.65. The van der Waals surface area contributed by atoms with Crippen molar-refractivity contribution in [3.05, 3.63) is 29.3 Å². The molecule has 1 atom stereocenters. The van der Waals surface area contributed by atoms with Gasteiger partial charge in [0.25, 0.3) is 0 Å². The van der Waals surface area contributed by atoms with E-state index in [9.17, 15) is 0 Å². The molecule has 1 aromatic carbocycles. The van der Waals surface area contributed by atoms with Crippen molar-refractivity contribution in [3.8, 4) is 0 Å². The van der Waals surface area contributed by atoms with Crippen LogP contribution in [0.3, 0.4) is 0 Å². The molecule has 3 nitrogen and oxygen atoms in total. The van der Waals surface area contributed by atoms with E-state index in [2.05, 4.69) is 49.6 Å². The van der Waals surface area contributed by atoms with Gasteiger partial charge in [0, 0.05) is 24.8 Å². The van der Waals surface area contributed by atoms with Crippen LogP contribution in [0.25, 0.3) is 0 Å². The molecule has 0 aliphatic carbocycles. The maximum atomic E-state index is 8.71. The fourth-order valence-corrected chi connectivity index (χ4v) is 1.73. The van der Waals surface area contributed by atoms with Crippen molar-refractivity contribution in [1.29, 1.82) is 0 Å². The van der Waals surface area contributed by atoms with Gasteiger partial charge in [-0.25, -0.2) is 0 Å². The molecule has 0 amide bonds. The molecule has 0 bridgehead atoms. The van der Waals surface area contributed by atoms with Crippen molar-refractivity contribution in [2.24, 2.45) is 0 Å². The summed E-state index contributed by atoms with van der Waals surface area (Å²) in [5.74, 6) is 0. The molecule has 3 heteroatoms. The SMILES string of the molecule is Cc1cccc(C)c1NCC(C)NCCO. The van der Waals surface area contributed by atoms with Gasteiger partial charge in [-0.05, 0) is 31.9 Å². The summed E-state index contributed by atoms with van der Waals surface area (Å²) >= 11 is 0. The molecule has 0 saturated heterocycles. The lowest BCUT2D eigenvalue weighted by Gasteiger charge is -2.17. The first-order chi connectivity index (χ1) is 7.65. The largest absolute Gasteiger partial charge is 0.395 e. The van der Waals surface area contributed by atoms with Gasteiger partial charge >= 0.3 is 0 Å². The lowest BCUT2D eigenvalue weighted by atomic mass is 10.1. The highest BCUT2D eigenvalue weighted by Gasteiger charge is 2.04. The molecule has 0 aliphatic rings. The van der Waals surface area contributed by atoms with Gasteiger partial charge in [0.05, 0.1) is 6.61 Å². The molecule has 0 radical (unpaired) electrons. The molecule has 0 saturated carbocycles. The molecule has 0 aliphatic heterocycles. The van der Waals surface area contributed by atoms with Gasteiger partial charge < -0.3 is 15.7 Å². The second-order valence-corrected chi connectivity index (χ2v) is 4.23. The number of nitrogens with one attached hydrogen (secondary N) is 2. The summed E-state index contributed by atoms with van der Waals surface area (Å²) < 4.78 is 0. The van der Waals surface area contributed by atoms with Crippen LogP contribution in [0.1, 0.15) is 18.1 Å². The summed E-state index contributed by atoms with van der Waals surface area (Å²) in [6.45, 7) is 8.04. The molecular formula is C13H22N2O. The average molecular weight is 222 g/mol. The monoisotopic (exact) mass is 222 g/mol. The van der Waals surface area contributed by atoms with Crippen LogP contribution in [0.4, 0.5) is 5.69 Å². The third kappa shape index (κ3) is 3.83. The minimum atomic E-state index is 0.188. The maximum absolute atomic E-state index is 8.71. The Morgan fingerprint density at radius 3 is 2.44 bits per heavy atom. The fraction of sp³-hybridized carbons (Fsp3) is 0.538. The first-order valence-electron chi connectivity index (χ1n) is 5.79. The molecule has 1 aromatic rings. The van der Waals surface area contributed by atoms with Crippen LogP contribution in [0.5, 0.6) is 0 Å². The summed E-state index contributed by atoms with van der Waals surface area (Å²) in [5.41, 5.74) is 3.77. The van der Waals surface area contributed by atoms with Crippen molar-refractivity contribution >= 4 is 5.69 Å². The van der Waals surface area contributed by atoms with E-state index >= 15 is 0 Å². The number of hydrogen-bond donors (Lipinski definition) is 3. The molecular weight excluding hydrogens is 200 g/mol. The molecule has 1 unspecified atom stereocenters. The van der Waals surface area contributed by atoms with Crippen molar-refractivity contribution in [1.82, 2.24) is 5.32 Å². The smallest absolute Gasteiger partial charge is 0.0556 e. The molecule has 0 spiro atoms. The number of hydrogen-bond acceptors (Lipinski definition) is 3. The van der Waals surface area contributed by atoms with Gasteiger partial charge in [-0.2, -0.15) is 0 Å². The Kier molecular flexibility index (Phi) is 5.29. The molecule has 90 valence electrons. The van der Waals surface area contributed by atoms with E-state index in [0.717, 1.165) is 6.54 Å². The molecule has 16 heavy (non-hydrogen) atoms. The first-order valence-corrected chi connectivity index (χ1v) is 5.79. The Balaban J connectivity index is 2.48. The van der Waals surface area contributed by atoms with Crippen LogP contribution in [0, 0.1) is 13.8 Å². The van der Waals surface area contributed by atoms with Crippen molar-refractivity contribution in [2.75, 3.05) is 25.0 Å². The third-order valence-electron chi connectivity index (χ3n) is 2.67. The zero-order valence-electron chi connectivity index (χ0n) is 10.4. The Morgan fingerprint density at radius 1 is 1.25 bits per heavy atom. The summed E-state index contributed by atoms with van der Waals surface area (Å²) in [5, 5.41) is 15.4. The van der Waals surface area contributed by atoms with Gasteiger partial charge in [-0.15, -0.1) is 0 Å². The first kappa shape index (κ1) is 13.0. The second-order valence-electron chi connectivity index (χ2n) is 4.23. The number of aliphatic hydroxyl groups excluding tert-OH is 1. The molecule has 3 N–H and O–H groups in total. The Hall–Kier alpha value is -1.06. The second kappa shape index (κ2) is 6.51. The number of para-hydroxylation sites is 1. The van der Waals surface area contributed by atoms with E-state index in [0.29, 0.717) is 12.6 Å². The van der Waals surface area contributed by atoms with E-state index in [1.165, 1.54) is 16.8 Å². The zero-order valence-corrected chi connectivity index (χ0v) is 10.4. The summed E-state index contributed by atoms with van der Waals surface area (Å²) in [6.07, 6.45) is 0. The summed E-state index contributed by atoms with van der Waals surface area (Å²) in [4.78, 5) is 0. The Labute approximate surface area is 97.9 Å².